The van der Waals surface area contributed by atoms with E-state index < -0.39 is 5.91 Å². The summed E-state index contributed by atoms with van der Waals surface area (Å²) in [6, 6.07) is 0. The standard InChI is InChI=1S/C12H19N5O2/c1-4-17(5-2)9(18)8-16(3)12(19)10-11(13)15-7-6-14-10/h6-7H,4-5,8H2,1-3H3,(H2,13,15). The van der Waals surface area contributed by atoms with Crippen LogP contribution in [0.5, 0.6) is 0 Å². The van der Waals surface area contributed by atoms with Crippen molar-refractivity contribution in [2.45, 2.75) is 13.8 Å². The fourth-order valence-corrected chi connectivity index (χ4v) is 1.65. The maximum absolute atomic E-state index is 12.1. The van der Waals surface area contributed by atoms with E-state index in [0.717, 1.165) is 0 Å². The molecule has 2 amide bonds. The molecule has 0 fully saturated rings. The molecular weight excluding hydrogens is 246 g/mol. The van der Waals surface area contributed by atoms with Gasteiger partial charge in [0.25, 0.3) is 5.91 Å². The van der Waals surface area contributed by atoms with E-state index in [4.69, 9.17) is 5.73 Å². The van der Waals surface area contributed by atoms with Crippen molar-refractivity contribution in [3.63, 3.8) is 0 Å². The van der Waals surface area contributed by atoms with Gasteiger partial charge in [-0.25, -0.2) is 9.97 Å². The highest BCUT2D eigenvalue weighted by Crippen LogP contribution is 2.06. The van der Waals surface area contributed by atoms with Crippen LogP contribution in [0.1, 0.15) is 24.3 Å². The average molecular weight is 265 g/mol. The van der Waals surface area contributed by atoms with Gasteiger partial charge in [-0.05, 0) is 13.8 Å². The number of nitrogen functional groups attached to an aromatic ring is 1. The number of hydrogen-bond acceptors (Lipinski definition) is 5. The van der Waals surface area contributed by atoms with E-state index in [9.17, 15) is 9.59 Å². The van der Waals surface area contributed by atoms with Crippen LogP contribution in [0.25, 0.3) is 0 Å². The number of nitrogens with zero attached hydrogens (tertiary/aromatic N) is 4. The molecule has 19 heavy (non-hydrogen) atoms. The van der Waals surface area contributed by atoms with Crippen LogP contribution in [0.4, 0.5) is 5.82 Å². The molecule has 0 aliphatic heterocycles. The van der Waals surface area contributed by atoms with E-state index in [1.807, 2.05) is 13.8 Å². The van der Waals surface area contributed by atoms with Crippen molar-refractivity contribution < 1.29 is 9.59 Å². The van der Waals surface area contributed by atoms with Crippen LogP contribution in [0.3, 0.4) is 0 Å². The number of carbonyl (C=O) groups excluding carboxylic acids is 2. The number of likely N-dealkylation sites (N-methyl/N-ethyl adjacent to an activating group) is 2. The van der Waals surface area contributed by atoms with Crippen LogP contribution in [-0.2, 0) is 4.79 Å². The summed E-state index contributed by atoms with van der Waals surface area (Å²) in [6.07, 6.45) is 2.80. The number of amides is 2. The minimum absolute atomic E-state index is 0.00344. The highest BCUT2D eigenvalue weighted by molar-refractivity contribution is 5.97. The molecule has 0 atom stereocenters. The molecule has 104 valence electrons. The fraction of sp³-hybridized carbons (Fsp3) is 0.500. The van der Waals surface area contributed by atoms with Crippen molar-refractivity contribution in [1.29, 1.82) is 0 Å². The Labute approximate surface area is 112 Å². The summed E-state index contributed by atoms with van der Waals surface area (Å²) in [7, 11) is 1.54. The Morgan fingerprint density at radius 3 is 2.32 bits per heavy atom. The Kier molecular flexibility index (Phi) is 5.23. The van der Waals surface area contributed by atoms with E-state index in [1.165, 1.54) is 24.3 Å². The summed E-state index contributed by atoms with van der Waals surface area (Å²) in [5, 5.41) is 0. The molecule has 0 bridgehead atoms. The van der Waals surface area contributed by atoms with Gasteiger partial charge in [0.2, 0.25) is 5.91 Å². The Morgan fingerprint density at radius 1 is 1.21 bits per heavy atom. The normalized spacial score (nSPS) is 10.1. The largest absolute Gasteiger partial charge is 0.382 e. The molecule has 0 aromatic carbocycles. The molecule has 0 radical (unpaired) electrons. The lowest BCUT2D eigenvalue weighted by molar-refractivity contribution is -0.131. The van der Waals surface area contributed by atoms with Gasteiger partial charge in [-0.2, -0.15) is 0 Å². The Hall–Kier alpha value is -2.18. The van der Waals surface area contributed by atoms with Gasteiger partial charge in [0.15, 0.2) is 11.5 Å². The molecule has 1 aromatic rings. The highest BCUT2D eigenvalue weighted by Gasteiger charge is 2.20. The number of rotatable bonds is 5. The van der Waals surface area contributed by atoms with Gasteiger partial charge in [-0.15, -0.1) is 0 Å². The lowest BCUT2D eigenvalue weighted by atomic mass is 10.3. The molecule has 1 rings (SSSR count). The van der Waals surface area contributed by atoms with Crippen molar-refractivity contribution >= 4 is 17.6 Å². The molecule has 0 aliphatic rings. The molecule has 2 N–H and O–H groups in total. The van der Waals surface area contributed by atoms with Crippen LogP contribution in [0, 0.1) is 0 Å². The third-order valence-corrected chi connectivity index (χ3v) is 2.76. The third-order valence-electron chi connectivity index (χ3n) is 2.76. The second-order valence-electron chi connectivity index (χ2n) is 4.02. The highest BCUT2D eigenvalue weighted by atomic mass is 16.2. The van der Waals surface area contributed by atoms with Gasteiger partial charge in [-0.3, -0.25) is 9.59 Å². The Bertz CT molecular complexity index is 459. The second-order valence-corrected chi connectivity index (χ2v) is 4.02. The number of hydrogen-bond donors (Lipinski definition) is 1. The van der Waals surface area contributed by atoms with E-state index >= 15 is 0 Å². The topological polar surface area (TPSA) is 92.4 Å². The zero-order valence-electron chi connectivity index (χ0n) is 11.5. The minimum Gasteiger partial charge on any atom is -0.382 e. The van der Waals surface area contributed by atoms with Gasteiger partial charge in [0, 0.05) is 32.5 Å². The summed E-state index contributed by atoms with van der Waals surface area (Å²) >= 11 is 0. The Balaban J connectivity index is 2.74. The Morgan fingerprint density at radius 2 is 1.79 bits per heavy atom. The third kappa shape index (κ3) is 3.64. The van der Waals surface area contributed by atoms with Gasteiger partial charge < -0.3 is 15.5 Å². The molecule has 0 saturated carbocycles. The van der Waals surface area contributed by atoms with E-state index in [1.54, 1.807) is 4.90 Å². The van der Waals surface area contributed by atoms with E-state index in [2.05, 4.69) is 9.97 Å². The quantitative estimate of drug-likeness (QED) is 0.809. The maximum atomic E-state index is 12.1. The molecular formula is C12H19N5O2. The number of carbonyl (C=O) groups is 2. The van der Waals surface area contributed by atoms with Gasteiger partial charge >= 0.3 is 0 Å². The van der Waals surface area contributed by atoms with Crippen LogP contribution in [0.2, 0.25) is 0 Å². The fourth-order valence-electron chi connectivity index (χ4n) is 1.65. The number of nitrogens with two attached hydrogens (primary N) is 1. The lowest BCUT2D eigenvalue weighted by Gasteiger charge is -2.23. The first-order chi connectivity index (χ1) is 9.01. The van der Waals surface area contributed by atoms with E-state index in [-0.39, 0.29) is 24.0 Å². The zero-order valence-corrected chi connectivity index (χ0v) is 11.5. The smallest absolute Gasteiger partial charge is 0.276 e. The predicted molar refractivity (Wildman–Crippen MR) is 71.3 cm³/mol. The minimum atomic E-state index is -0.411. The van der Waals surface area contributed by atoms with Crippen molar-refractivity contribution in [3.05, 3.63) is 18.1 Å². The second kappa shape index (κ2) is 6.67. The molecule has 0 unspecified atom stereocenters. The SMILES string of the molecule is CCN(CC)C(=O)CN(C)C(=O)c1nccnc1N. The average Bonchev–Trinajstić information content (AvgIpc) is 2.39. The van der Waals surface area contributed by atoms with Gasteiger partial charge in [0.05, 0.1) is 6.54 Å². The summed E-state index contributed by atoms with van der Waals surface area (Å²) < 4.78 is 0. The van der Waals surface area contributed by atoms with Gasteiger partial charge in [-0.1, -0.05) is 0 Å². The molecule has 7 heteroatoms. The first-order valence-corrected chi connectivity index (χ1v) is 6.10. The predicted octanol–water partition coefficient (Wildman–Crippen LogP) is -0.000800. The van der Waals surface area contributed by atoms with Crippen LogP contribution in [-0.4, -0.2) is 58.3 Å². The van der Waals surface area contributed by atoms with Gasteiger partial charge in [0.1, 0.15) is 0 Å². The van der Waals surface area contributed by atoms with Crippen LogP contribution in [0.15, 0.2) is 12.4 Å². The first-order valence-electron chi connectivity index (χ1n) is 6.10. The van der Waals surface area contributed by atoms with Crippen LogP contribution >= 0.6 is 0 Å². The van der Waals surface area contributed by atoms with Crippen molar-refractivity contribution in [1.82, 2.24) is 19.8 Å². The van der Waals surface area contributed by atoms with E-state index in [0.29, 0.717) is 13.1 Å². The van der Waals surface area contributed by atoms with Crippen molar-refractivity contribution in [2.24, 2.45) is 0 Å². The number of anilines is 1. The molecule has 0 saturated heterocycles. The lowest BCUT2D eigenvalue weighted by Crippen LogP contribution is -2.41. The molecule has 1 heterocycles. The summed E-state index contributed by atoms with van der Waals surface area (Å²) in [5.41, 5.74) is 5.65. The first kappa shape index (κ1) is 14.9. The monoisotopic (exact) mass is 265 g/mol. The number of aromatic nitrogens is 2. The molecule has 0 spiro atoms. The summed E-state index contributed by atoms with van der Waals surface area (Å²) in [6.45, 7) is 5.01. The molecule has 1 aromatic heterocycles. The molecule has 0 aliphatic carbocycles. The maximum Gasteiger partial charge on any atom is 0.276 e. The summed E-state index contributed by atoms with van der Waals surface area (Å²) in [4.78, 5) is 34.6. The molecule has 7 nitrogen and oxygen atoms in total. The summed E-state index contributed by atoms with van der Waals surface area (Å²) in [5.74, 6) is -0.455. The van der Waals surface area contributed by atoms with Crippen LogP contribution < -0.4 is 5.73 Å². The zero-order chi connectivity index (χ0) is 14.4. The van der Waals surface area contributed by atoms with Crippen molar-refractivity contribution in [3.8, 4) is 0 Å². The van der Waals surface area contributed by atoms with Crippen molar-refractivity contribution in [2.75, 3.05) is 32.4 Å².